The number of anilines is 2. The summed E-state index contributed by atoms with van der Waals surface area (Å²) in [6.07, 6.45) is 7.02. The highest BCUT2D eigenvalue weighted by Gasteiger charge is 2.24. The fourth-order valence-corrected chi connectivity index (χ4v) is 5.25. The van der Waals surface area contributed by atoms with E-state index in [0.29, 0.717) is 16.1 Å². The standard InChI is InChI=1S/C25H26N2O3S/c26-23-22(20-6-1-2-7-21(20)31-23)24(28)27-19-14-10-17(11-15-19)5-3-4-16-8-12-18(13-9-16)25(29)30/h8-15H,1-7,26H2,(H,27,28)(H,29,30). The van der Waals surface area contributed by atoms with Crippen molar-refractivity contribution in [1.82, 2.24) is 0 Å². The summed E-state index contributed by atoms with van der Waals surface area (Å²) in [6.45, 7) is 0. The van der Waals surface area contributed by atoms with Crippen molar-refractivity contribution in [3.63, 3.8) is 0 Å². The number of carbonyl (C=O) groups excluding carboxylic acids is 1. The number of amides is 1. The van der Waals surface area contributed by atoms with Crippen LogP contribution in [0.3, 0.4) is 0 Å². The number of rotatable bonds is 7. The van der Waals surface area contributed by atoms with E-state index in [4.69, 9.17) is 10.8 Å². The van der Waals surface area contributed by atoms with Gasteiger partial charge in [-0.1, -0.05) is 24.3 Å². The van der Waals surface area contributed by atoms with Crippen molar-refractivity contribution in [2.45, 2.75) is 44.9 Å². The molecule has 1 aliphatic rings. The van der Waals surface area contributed by atoms with Crippen molar-refractivity contribution in [2.24, 2.45) is 0 Å². The van der Waals surface area contributed by atoms with E-state index >= 15 is 0 Å². The molecule has 0 fully saturated rings. The van der Waals surface area contributed by atoms with Gasteiger partial charge in [-0.3, -0.25) is 4.79 Å². The number of hydrogen-bond acceptors (Lipinski definition) is 4. The Labute approximate surface area is 185 Å². The minimum absolute atomic E-state index is 0.116. The minimum atomic E-state index is -0.902. The molecule has 0 saturated carbocycles. The second-order valence-electron chi connectivity index (χ2n) is 7.96. The number of benzene rings is 2. The van der Waals surface area contributed by atoms with E-state index in [2.05, 4.69) is 5.32 Å². The molecule has 31 heavy (non-hydrogen) atoms. The molecule has 1 aromatic heterocycles. The lowest BCUT2D eigenvalue weighted by atomic mass is 9.95. The summed E-state index contributed by atoms with van der Waals surface area (Å²) in [5.74, 6) is -1.02. The first kappa shape index (κ1) is 21.1. The maximum Gasteiger partial charge on any atom is 0.335 e. The highest BCUT2D eigenvalue weighted by atomic mass is 32.1. The summed E-state index contributed by atoms with van der Waals surface area (Å²) in [4.78, 5) is 25.0. The van der Waals surface area contributed by atoms with Crippen molar-refractivity contribution in [3.05, 3.63) is 81.2 Å². The normalized spacial score (nSPS) is 12.9. The SMILES string of the molecule is Nc1sc2c(c1C(=O)Nc1ccc(CCCc3ccc(C(=O)O)cc3)cc1)CCCC2. The van der Waals surface area contributed by atoms with Crippen molar-refractivity contribution in [2.75, 3.05) is 11.1 Å². The number of aromatic carboxylic acids is 1. The Hall–Kier alpha value is -3.12. The maximum absolute atomic E-state index is 12.8. The van der Waals surface area contributed by atoms with E-state index < -0.39 is 5.97 Å². The van der Waals surface area contributed by atoms with Crippen molar-refractivity contribution in [1.29, 1.82) is 0 Å². The summed E-state index contributed by atoms with van der Waals surface area (Å²) in [5.41, 5.74) is 11.4. The third-order valence-corrected chi connectivity index (χ3v) is 6.89. The van der Waals surface area contributed by atoms with Crippen LogP contribution in [0.25, 0.3) is 0 Å². The number of carbonyl (C=O) groups is 2. The van der Waals surface area contributed by atoms with E-state index in [1.54, 1.807) is 23.5 Å². The second kappa shape index (κ2) is 9.35. The van der Waals surface area contributed by atoms with Crippen LogP contribution < -0.4 is 11.1 Å². The lowest BCUT2D eigenvalue weighted by Crippen LogP contribution is -2.16. The Morgan fingerprint density at radius 3 is 2.19 bits per heavy atom. The number of carboxylic acids is 1. The molecule has 160 valence electrons. The summed E-state index contributed by atoms with van der Waals surface area (Å²) >= 11 is 1.56. The molecule has 1 aliphatic carbocycles. The molecule has 0 bridgehead atoms. The van der Waals surface area contributed by atoms with Gasteiger partial charge in [0.15, 0.2) is 0 Å². The highest BCUT2D eigenvalue weighted by molar-refractivity contribution is 7.16. The van der Waals surface area contributed by atoms with Crippen molar-refractivity contribution < 1.29 is 14.7 Å². The van der Waals surface area contributed by atoms with Gasteiger partial charge in [0.1, 0.15) is 0 Å². The van der Waals surface area contributed by atoms with Gasteiger partial charge in [0.2, 0.25) is 0 Å². The topological polar surface area (TPSA) is 92.4 Å². The van der Waals surface area contributed by atoms with Crippen LogP contribution in [-0.4, -0.2) is 17.0 Å². The molecule has 0 unspecified atom stereocenters. The number of thiophene rings is 1. The van der Waals surface area contributed by atoms with E-state index in [1.807, 2.05) is 36.4 Å². The minimum Gasteiger partial charge on any atom is -0.478 e. The van der Waals surface area contributed by atoms with Gasteiger partial charge in [-0.05, 0) is 85.9 Å². The van der Waals surface area contributed by atoms with Gasteiger partial charge in [0, 0.05) is 10.6 Å². The first-order valence-corrected chi connectivity index (χ1v) is 11.5. The van der Waals surface area contributed by atoms with Crippen LogP contribution in [0.1, 0.15) is 61.5 Å². The molecule has 0 spiro atoms. The number of nitrogens with two attached hydrogens (primary N) is 1. The number of nitrogens with one attached hydrogen (secondary N) is 1. The van der Waals surface area contributed by atoms with Gasteiger partial charge in [-0.25, -0.2) is 4.79 Å². The second-order valence-corrected chi connectivity index (χ2v) is 9.09. The van der Waals surface area contributed by atoms with Gasteiger partial charge in [0.25, 0.3) is 5.91 Å². The van der Waals surface area contributed by atoms with Gasteiger partial charge >= 0.3 is 5.97 Å². The van der Waals surface area contributed by atoms with Gasteiger partial charge in [0.05, 0.1) is 16.1 Å². The molecule has 5 nitrogen and oxygen atoms in total. The molecule has 1 amide bonds. The van der Waals surface area contributed by atoms with Crippen LogP contribution in [0.2, 0.25) is 0 Å². The number of aryl methyl sites for hydroxylation is 3. The zero-order valence-corrected chi connectivity index (χ0v) is 18.1. The lowest BCUT2D eigenvalue weighted by molar-refractivity contribution is 0.0696. The maximum atomic E-state index is 12.8. The van der Waals surface area contributed by atoms with Crippen LogP contribution in [0.5, 0.6) is 0 Å². The van der Waals surface area contributed by atoms with E-state index in [-0.39, 0.29) is 5.91 Å². The number of fused-ring (bicyclic) bond motifs is 1. The first-order valence-electron chi connectivity index (χ1n) is 10.6. The fourth-order valence-electron chi connectivity index (χ4n) is 4.10. The van der Waals surface area contributed by atoms with Crippen molar-refractivity contribution >= 4 is 33.9 Å². The molecule has 0 radical (unpaired) electrons. The van der Waals surface area contributed by atoms with Crippen LogP contribution in [-0.2, 0) is 25.7 Å². The molecule has 4 N–H and O–H groups in total. The molecule has 4 rings (SSSR count). The van der Waals surface area contributed by atoms with E-state index in [1.165, 1.54) is 16.9 Å². The summed E-state index contributed by atoms with van der Waals surface area (Å²) in [6, 6.07) is 15.0. The molecule has 0 saturated heterocycles. The molecule has 0 atom stereocenters. The largest absolute Gasteiger partial charge is 0.478 e. The summed E-state index contributed by atoms with van der Waals surface area (Å²) < 4.78 is 0. The zero-order valence-electron chi connectivity index (χ0n) is 17.3. The molecule has 3 aromatic rings. The molecular formula is C25H26N2O3S. The quantitative estimate of drug-likeness (QED) is 0.468. The predicted octanol–water partition coefficient (Wildman–Crippen LogP) is 5.33. The lowest BCUT2D eigenvalue weighted by Gasteiger charge is -2.13. The average molecular weight is 435 g/mol. The molecule has 6 heteroatoms. The fraction of sp³-hybridized carbons (Fsp3) is 0.280. The summed E-state index contributed by atoms with van der Waals surface area (Å²) in [5, 5.41) is 12.6. The summed E-state index contributed by atoms with van der Waals surface area (Å²) in [7, 11) is 0. The Morgan fingerprint density at radius 2 is 1.55 bits per heavy atom. The van der Waals surface area contributed by atoms with Gasteiger partial charge in [-0.2, -0.15) is 0 Å². The smallest absolute Gasteiger partial charge is 0.335 e. The Bertz CT molecular complexity index is 1090. The predicted molar refractivity (Wildman–Crippen MR) is 125 cm³/mol. The molecule has 2 aromatic carbocycles. The first-order chi connectivity index (χ1) is 15.0. The van der Waals surface area contributed by atoms with Crippen LogP contribution in [0.15, 0.2) is 48.5 Å². The molecule has 0 aliphatic heterocycles. The average Bonchev–Trinajstić information content (AvgIpc) is 3.11. The van der Waals surface area contributed by atoms with Gasteiger partial charge < -0.3 is 16.2 Å². The number of nitrogen functional groups attached to an aromatic ring is 1. The Morgan fingerprint density at radius 1 is 0.935 bits per heavy atom. The van der Waals surface area contributed by atoms with Gasteiger partial charge in [-0.15, -0.1) is 11.3 Å². The van der Waals surface area contributed by atoms with Crippen molar-refractivity contribution in [3.8, 4) is 0 Å². The Kier molecular flexibility index (Phi) is 6.37. The number of hydrogen-bond donors (Lipinski definition) is 3. The van der Waals surface area contributed by atoms with Crippen LogP contribution in [0.4, 0.5) is 10.7 Å². The third-order valence-electron chi connectivity index (χ3n) is 5.77. The van der Waals surface area contributed by atoms with Crippen LogP contribution >= 0.6 is 11.3 Å². The van der Waals surface area contributed by atoms with Crippen LogP contribution in [0, 0.1) is 0 Å². The van der Waals surface area contributed by atoms with E-state index in [0.717, 1.165) is 55.3 Å². The third kappa shape index (κ3) is 4.97. The molecule has 1 heterocycles. The Balaban J connectivity index is 1.32. The zero-order chi connectivity index (χ0) is 21.8. The highest BCUT2D eigenvalue weighted by Crippen LogP contribution is 2.36. The van der Waals surface area contributed by atoms with E-state index in [9.17, 15) is 9.59 Å². The molecular weight excluding hydrogens is 408 g/mol. The monoisotopic (exact) mass is 434 g/mol. The number of carboxylic acid groups (broad SMARTS) is 1.